The van der Waals surface area contributed by atoms with Gasteiger partial charge in [-0.2, -0.15) is 0 Å². The second-order valence-corrected chi connectivity index (χ2v) is 13.9. The van der Waals surface area contributed by atoms with Gasteiger partial charge in [0.2, 0.25) is 0 Å². The van der Waals surface area contributed by atoms with E-state index in [9.17, 15) is 0 Å². The van der Waals surface area contributed by atoms with Crippen LogP contribution in [0.3, 0.4) is 0 Å². The minimum Gasteiger partial charge on any atom is -0.135 e. The highest BCUT2D eigenvalue weighted by Gasteiger charge is 2.20. The van der Waals surface area contributed by atoms with Gasteiger partial charge in [0.05, 0.1) is 0 Å². The third-order valence-electron chi connectivity index (χ3n) is 10.0. The number of benzene rings is 9. The number of fused-ring (bicyclic) bond motifs is 6. The molecule has 10 rings (SSSR count). The lowest BCUT2D eigenvalue weighted by molar-refractivity contribution is 1.58. The zero-order valence-corrected chi connectivity index (χ0v) is 27.5. The van der Waals surface area contributed by atoms with Gasteiger partial charge in [-0.25, -0.2) is 0 Å². The summed E-state index contributed by atoms with van der Waals surface area (Å²) in [5.74, 6) is 0. The maximum atomic E-state index is 2.38. The molecule has 9 aromatic carbocycles. The van der Waals surface area contributed by atoms with Gasteiger partial charge >= 0.3 is 0 Å². The number of hydrogen-bond donors (Lipinski definition) is 0. The quantitative estimate of drug-likeness (QED) is 0.168. The molecule has 0 aliphatic heterocycles. The van der Waals surface area contributed by atoms with Gasteiger partial charge in [0.1, 0.15) is 0 Å². The van der Waals surface area contributed by atoms with Crippen molar-refractivity contribution in [2.24, 2.45) is 0 Å². The van der Waals surface area contributed by atoms with Gasteiger partial charge < -0.3 is 0 Å². The van der Waals surface area contributed by atoms with E-state index in [4.69, 9.17) is 0 Å². The Hall–Kier alpha value is -6.02. The molecule has 0 spiro atoms. The Balaban J connectivity index is 1.29. The minimum atomic E-state index is 1.22. The Morgan fingerprint density at radius 3 is 1.35 bits per heavy atom. The van der Waals surface area contributed by atoms with Crippen molar-refractivity contribution in [1.82, 2.24) is 0 Å². The van der Waals surface area contributed by atoms with Crippen molar-refractivity contribution in [1.29, 1.82) is 0 Å². The SMILES string of the molecule is c1ccc(-c2cc(-c3ccccc3)cc(-c3c4ccccc4c(-c4cccc5c4sc4cc6ccccc6cc45)c4ccccc34)c2)cc1. The Morgan fingerprint density at radius 2 is 0.755 bits per heavy atom. The minimum absolute atomic E-state index is 1.22. The van der Waals surface area contributed by atoms with Crippen LogP contribution in [0.4, 0.5) is 0 Å². The Labute approximate surface area is 289 Å². The number of hydrogen-bond acceptors (Lipinski definition) is 1. The van der Waals surface area contributed by atoms with E-state index in [1.165, 1.54) is 97.0 Å². The lowest BCUT2D eigenvalue weighted by atomic mass is 9.84. The molecule has 0 amide bonds. The molecule has 0 saturated heterocycles. The fourth-order valence-electron chi connectivity index (χ4n) is 7.78. The summed E-state index contributed by atoms with van der Waals surface area (Å²) in [7, 11) is 0. The van der Waals surface area contributed by atoms with Crippen LogP contribution in [-0.2, 0) is 0 Å². The molecule has 0 N–H and O–H groups in total. The molecule has 0 atom stereocenters. The molecule has 228 valence electrons. The van der Waals surface area contributed by atoms with E-state index in [0.717, 1.165) is 0 Å². The molecule has 1 aromatic heterocycles. The first-order valence-electron chi connectivity index (χ1n) is 16.8. The second-order valence-electron chi connectivity index (χ2n) is 12.9. The van der Waals surface area contributed by atoms with E-state index < -0.39 is 0 Å². The predicted molar refractivity (Wildman–Crippen MR) is 214 cm³/mol. The third kappa shape index (κ3) is 4.58. The Bertz CT molecular complexity index is 2750. The monoisotopic (exact) mass is 638 g/mol. The van der Waals surface area contributed by atoms with Gasteiger partial charge in [0.25, 0.3) is 0 Å². The van der Waals surface area contributed by atoms with E-state index in [0.29, 0.717) is 0 Å². The number of rotatable bonds is 4. The molecule has 0 aliphatic rings. The first-order valence-corrected chi connectivity index (χ1v) is 17.7. The van der Waals surface area contributed by atoms with Crippen molar-refractivity contribution < 1.29 is 0 Å². The van der Waals surface area contributed by atoms with Crippen LogP contribution in [0.2, 0.25) is 0 Å². The molecule has 1 heterocycles. The molecule has 0 radical (unpaired) electrons. The van der Waals surface area contributed by atoms with Gasteiger partial charge in [0, 0.05) is 25.7 Å². The maximum absolute atomic E-state index is 2.38. The first-order chi connectivity index (χ1) is 24.3. The highest BCUT2D eigenvalue weighted by molar-refractivity contribution is 7.26. The van der Waals surface area contributed by atoms with Crippen LogP contribution in [0, 0.1) is 0 Å². The standard InChI is InChI=1S/C48H30S/c1-3-14-31(15-4-1)35-26-36(32-16-5-2-6-17-32)28-37(27-35)46-38-20-9-11-22-40(38)47(41-23-12-10-21-39(41)46)43-25-13-24-42-44-29-33-18-7-8-19-34(33)30-45(44)49-48(42)43/h1-30H. The molecule has 1 heteroatoms. The van der Waals surface area contributed by atoms with Crippen LogP contribution in [0.15, 0.2) is 182 Å². The summed E-state index contributed by atoms with van der Waals surface area (Å²) < 4.78 is 2.67. The summed E-state index contributed by atoms with van der Waals surface area (Å²) in [4.78, 5) is 0. The van der Waals surface area contributed by atoms with Crippen molar-refractivity contribution in [2.45, 2.75) is 0 Å². The van der Waals surface area contributed by atoms with Gasteiger partial charge in [-0.15, -0.1) is 11.3 Å². The summed E-state index contributed by atoms with van der Waals surface area (Å²) in [6, 6.07) is 67.0. The van der Waals surface area contributed by atoms with Crippen LogP contribution in [0.25, 0.3) is 97.0 Å². The first kappa shape index (κ1) is 28.0. The molecular weight excluding hydrogens is 609 g/mol. The average Bonchev–Trinajstić information content (AvgIpc) is 3.54. The van der Waals surface area contributed by atoms with Crippen LogP contribution >= 0.6 is 11.3 Å². The largest absolute Gasteiger partial charge is 0.135 e. The molecule has 0 aliphatic carbocycles. The van der Waals surface area contributed by atoms with E-state index in [-0.39, 0.29) is 0 Å². The summed E-state index contributed by atoms with van der Waals surface area (Å²) >= 11 is 1.91. The smallest absolute Gasteiger partial charge is 0.0434 e. The molecule has 49 heavy (non-hydrogen) atoms. The van der Waals surface area contributed by atoms with Crippen LogP contribution < -0.4 is 0 Å². The van der Waals surface area contributed by atoms with Gasteiger partial charge in [-0.05, 0) is 102 Å². The highest BCUT2D eigenvalue weighted by Crippen LogP contribution is 2.49. The molecule has 0 bridgehead atoms. The molecule has 0 fully saturated rings. The lowest BCUT2D eigenvalue weighted by Gasteiger charge is -2.19. The van der Waals surface area contributed by atoms with Gasteiger partial charge in [0.15, 0.2) is 0 Å². The van der Waals surface area contributed by atoms with Crippen LogP contribution in [0.1, 0.15) is 0 Å². The third-order valence-corrected chi connectivity index (χ3v) is 11.2. The van der Waals surface area contributed by atoms with E-state index in [1.807, 2.05) is 11.3 Å². The fourth-order valence-corrected chi connectivity index (χ4v) is 9.03. The van der Waals surface area contributed by atoms with Gasteiger partial charge in [-0.3, -0.25) is 0 Å². The van der Waals surface area contributed by atoms with Crippen LogP contribution in [0.5, 0.6) is 0 Å². The van der Waals surface area contributed by atoms with Crippen molar-refractivity contribution in [2.75, 3.05) is 0 Å². The molecule has 0 unspecified atom stereocenters. The summed E-state index contributed by atoms with van der Waals surface area (Å²) in [5, 5.41) is 10.3. The highest BCUT2D eigenvalue weighted by atomic mass is 32.1. The van der Waals surface area contributed by atoms with Crippen molar-refractivity contribution in [3.63, 3.8) is 0 Å². The maximum Gasteiger partial charge on any atom is 0.0434 e. The molecule has 10 aromatic rings. The summed E-state index contributed by atoms with van der Waals surface area (Å²) in [6.45, 7) is 0. The van der Waals surface area contributed by atoms with E-state index in [2.05, 4.69) is 182 Å². The molecular formula is C48H30S. The van der Waals surface area contributed by atoms with Crippen molar-refractivity contribution in [3.8, 4) is 44.5 Å². The van der Waals surface area contributed by atoms with Crippen LogP contribution in [-0.4, -0.2) is 0 Å². The van der Waals surface area contributed by atoms with Crippen molar-refractivity contribution >= 4 is 63.8 Å². The number of thiophene rings is 1. The molecule has 0 saturated carbocycles. The zero-order chi connectivity index (χ0) is 32.3. The fraction of sp³-hybridized carbons (Fsp3) is 0. The average molecular weight is 639 g/mol. The van der Waals surface area contributed by atoms with Gasteiger partial charge in [-0.1, -0.05) is 152 Å². The Kier molecular flexibility index (Phi) is 6.47. The summed E-state index contributed by atoms with van der Waals surface area (Å²) in [6.07, 6.45) is 0. The second kappa shape index (κ2) is 11.3. The predicted octanol–water partition coefficient (Wildman–Crippen LogP) is 14.2. The zero-order valence-electron chi connectivity index (χ0n) is 26.7. The van der Waals surface area contributed by atoms with E-state index in [1.54, 1.807) is 0 Å². The van der Waals surface area contributed by atoms with E-state index >= 15 is 0 Å². The molecule has 0 nitrogen and oxygen atoms in total. The topological polar surface area (TPSA) is 0 Å². The lowest BCUT2D eigenvalue weighted by Crippen LogP contribution is -1.92. The Morgan fingerprint density at radius 1 is 0.286 bits per heavy atom. The summed E-state index contributed by atoms with van der Waals surface area (Å²) in [5.41, 5.74) is 9.98. The normalized spacial score (nSPS) is 11.7. The van der Waals surface area contributed by atoms with Crippen molar-refractivity contribution in [3.05, 3.63) is 182 Å².